The van der Waals surface area contributed by atoms with Gasteiger partial charge in [0.05, 0.1) is 25.6 Å². The Morgan fingerprint density at radius 1 is 1.21 bits per heavy atom. The Balaban J connectivity index is 1.60. The summed E-state index contributed by atoms with van der Waals surface area (Å²) in [5, 5.41) is 15.4. The molecule has 1 saturated carbocycles. The van der Waals surface area contributed by atoms with Crippen molar-refractivity contribution >= 4 is 39.0 Å². The van der Waals surface area contributed by atoms with Crippen LogP contribution in [-0.4, -0.2) is 47.6 Å². The van der Waals surface area contributed by atoms with Crippen LogP contribution < -0.4 is 10.6 Å². The first-order valence-corrected chi connectivity index (χ1v) is 15.5. The summed E-state index contributed by atoms with van der Waals surface area (Å²) in [7, 11) is -3.90. The number of alkyl carbamates (subject to hydrolysis) is 1. The van der Waals surface area contributed by atoms with E-state index in [9.17, 15) is 23.1 Å². The van der Waals surface area contributed by atoms with Gasteiger partial charge in [0, 0.05) is 29.4 Å². The van der Waals surface area contributed by atoms with Crippen LogP contribution in [0.2, 0.25) is 0 Å². The Morgan fingerprint density at radius 3 is 2.56 bits per heavy atom. The van der Waals surface area contributed by atoms with Crippen LogP contribution in [0.15, 0.2) is 53.6 Å². The Labute approximate surface area is 233 Å². The highest BCUT2D eigenvalue weighted by molar-refractivity contribution is 7.93. The maximum absolute atomic E-state index is 14.2. The van der Waals surface area contributed by atoms with E-state index in [0.717, 1.165) is 30.7 Å². The number of carbonyl (C=O) groups is 2. The van der Waals surface area contributed by atoms with E-state index in [1.165, 1.54) is 17.4 Å². The molecule has 39 heavy (non-hydrogen) atoms. The number of amides is 2. The molecule has 3 N–H and O–H groups in total. The predicted octanol–water partition coefficient (Wildman–Crippen LogP) is 6.50. The molecule has 2 amide bonds. The highest BCUT2D eigenvalue weighted by atomic mass is 32.2. The van der Waals surface area contributed by atoms with Gasteiger partial charge in [0.15, 0.2) is 9.84 Å². The molecule has 9 nitrogen and oxygen atoms in total. The van der Waals surface area contributed by atoms with Crippen LogP contribution in [0.4, 0.5) is 15.3 Å². The van der Waals surface area contributed by atoms with Gasteiger partial charge in [-0.1, -0.05) is 37.3 Å². The molecule has 2 aliphatic carbocycles. The van der Waals surface area contributed by atoms with Gasteiger partial charge in [-0.15, -0.1) is 11.3 Å². The third kappa shape index (κ3) is 6.36. The first-order valence-electron chi connectivity index (χ1n) is 13.2. The molecule has 0 aliphatic heterocycles. The standard InChI is InChI=1S/C28H35N3O6S2/c1-4-28(14-6-5-7-15-28)39(35,36)24-16-21(30-26(32)33)12-13-22(24)23-17-29-25(38-23)19-8-10-20(11-9-19)31-27(34)37-18(2)3/h5-7,12-14,16-20,30H,4,8-11,15H2,1-3H3,(H,31,34)(H,32,33). The Kier molecular flexibility index (Phi) is 8.80. The lowest BCUT2D eigenvalue weighted by Crippen LogP contribution is -2.38. The normalized spacial score (nSPS) is 23.0. The van der Waals surface area contributed by atoms with Crippen molar-refractivity contribution in [1.29, 1.82) is 0 Å². The van der Waals surface area contributed by atoms with Crippen molar-refractivity contribution in [3.8, 4) is 10.4 Å². The molecule has 0 saturated heterocycles. The van der Waals surface area contributed by atoms with Gasteiger partial charge < -0.3 is 15.2 Å². The zero-order chi connectivity index (χ0) is 28.2. The Bertz CT molecular complexity index is 1370. The van der Waals surface area contributed by atoms with Gasteiger partial charge >= 0.3 is 12.2 Å². The number of carbonyl (C=O) groups excluding carboxylic acids is 1. The van der Waals surface area contributed by atoms with Crippen LogP contribution in [-0.2, 0) is 14.6 Å². The fourth-order valence-electron chi connectivity index (χ4n) is 5.17. The SMILES string of the molecule is CCC1(S(=O)(=O)c2cc(NC(=O)O)ccc2-c2cnc(C3CCC(NC(=O)OC(C)C)CC3)s2)C=CC=CC1. The zero-order valence-corrected chi connectivity index (χ0v) is 24.0. The molecular weight excluding hydrogens is 538 g/mol. The van der Waals surface area contributed by atoms with Gasteiger partial charge in [-0.05, 0) is 64.5 Å². The molecule has 1 fully saturated rings. The lowest BCUT2D eigenvalue weighted by Gasteiger charge is -2.30. The van der Waals surface area contributed by atoms with E-state index in [1.54, 1.807) is 30.5 Å². The van der Waals surface area contributed by atoms with Gasteiger partial charge in [-0.2, -0.15) is 0 Å². The molecular formula is C28H35N3O6S2. The van der Waals surface area contributed by atoms with Crippen molar-refractivity contribution in [3.05, 3.63) is 53.7 Å². The number of aromatic nitrogens is 1. The van der Waals surface area contributed by atoms with E-state index < -0.39 is 26.8 Å². The molecule has 1 heterocycles. The van der Waals surface area contributed by atoms with E-state index in [4.69, 9.17) is 4.74 Å². The van der Waals surface area contributed by atoms with E-state index >= 15 is 0 Å². The number of nitrogens with zero attached hydrogens (tertiary/aromatic N) is 1. The smallest absolute Gasteiger partial charge is 0.409 e. The van der Waals surface area contributed by atoms with Gasteiger partial charge in [-0.3, -0.25) is 5.32 Å². The van der Waals surface area contributed by atoms with Crippen LogP contribution >= 0.6 is 11.3 Å². The molecule has 2 aliphatic rings. The van der Waals surface area contributed by atoms with Gasteiger partial charge in [-0.25, -0.2) is 23.0 Å². The number of sulfone groups is 1. The number of thiazole rings is 1. The van der Waals surface area contributed by atoms with Crippen LogP contribution in [0.25, 0.3) is 10.4 Å². The number of hydrogen-bond acceptors (Lipinski definition) is 7. The monoisotopic (exact) mass is 573 g/mol. The highest BCUT2D eigenvalue weighted by Crippen LogP contribution is 2.44. The molecule has 0 bridgehead atoms. The van der Waals surface area contributed by atoms with E-state index in [1.807, 2.05) is 32.9 Å². The number of rotatable bonds is 8. The minimum Gasteiger partial charge on any atom is -0.465 e. The summed E-state index contributed by atoms with van der Waals surface area (Å²) in [6.45, 7) is 5.47. The largest absolute Gasteiger partial charge is 0.465 e. The second kappa shape index (κ2) is 11.9. The molecule has 2 aromatic rings. The summed E-state index contributed by atoms with van der Waals surface area (Å²) < 4.78 is 32.4. The minimum atomic E-state index is -3.90. The molecule has 210 valence electrons. The molecule has 1 unspecified atom stereocenters. The number of anilines is 1. The number of allylic oxidation sites excluding steroid dienone is 3. The molecule has 0 radical (unpaired) electrons. The Hall–Kier alpha value is -3.18. The number of benzene rings is 1. The quantitative estimate of drug-likeness (QED) is 0.328. The zero-order valence-electron chi connectivity index (χ0n) is 22.3. The Morgan fingerprint density at radius 2 is 1.95 bits per heavy atom. The summed E-state index contributed by atoms with van der Waals surface area (Å²) in [4.78, 5) is 28.7. The molecule has 1 atom stereocenters. The van der Waals surface area contributed by atoms with Gasteiger partial charge in [0.2, 0.25) is 0 Å². The number of nitrogens with one attached hydrogen (secondary N) is 2. The number of carboxylic acid groups (broad SMARTS) is 1. The van der Waals surface area contributed by atoms with Gasteiger partial charge in [0.1, 0.15) is 0 Å². The van der Waals surface area contributed by atoms with Crippen molar-refractivity contribution in [3.63, 3.8) is 0 Å². The van der Waals surface area contributed by atoms with E-state index in [0.29, 0.717) is 23.3 Å². The van der Waals surface area contributed by atoms with Crippen LogP contribution in [0.5, 0.6) is 0 Å². The third-order valence-corrected chi connectivity index (χ3v) is 11.1. The maximum atomic E-state index is 14.2. The average molecular weight is 574 g/mol. The van der Waals surface area contributed by atoms with Crippen LogP contribution in [0.3, 0.4) is 0 Å². The van der Waals surface area contributed by atoms with Crippen molar-refractivity contribution in [2.75, 3.05) is 5.32 Å². The first-order chi connectivity index (χ1) is 18.5. The lowest BCUT2D eigenvalue weighted by molar-refractivity contribution is 0.109. The van der Waals surface area contributed by atoms with Crippen molar-refractivity contribution in [2.24, 2.45) is 0 Å². The molecule has 11 heteroatoms. The van der Waals surface area contributed by atoms with Crippen LogP contribution in [0.1, 0.15) is 70.2 Å². The van der Waals surface area contributed by atoms with Crippen molar-refractivity contribution < 1.29 is 27.9 Å². The summed E-state index contributed by atoms with van der Waals surface area (Å²) in [5.74, 6) is 0.212. The average Bonchev–Trinajstić information content (AvgIpc) is 3.38. The fourth-order valence-corrected chi connectivity index (χ4v) is 8.50. The van der Waals surface area contributed by atoms with E-state index in [-0.39, 0.29) is 28.6 Å². The summed E-state index contributed by atoms with van der Waals surface area (Å²) in [6, 6.07) is 4.70. The molecule has 1 aromatic heterocycles. The number of ether oxygens (including phenoxy) is 1. The number of hydrogen-bond donors (Lipinski definition) is 3. The summed E-state index contributed by atoms with van der Waals surface area (Å²) in [5.41, 5.74) is 0.704. The van der Waals surface area contributed by atoms with E-state index in [2.05, 4.69) is 15.6 Å². The second-order valence-electron chi connectivity index (χ2n) is 10.3. The highest BCUT2D eigenvalue weighted by Gasteiger charge is 2.42. The summed E-state index contributed by atoms with van der Waals surface area (Å²) >= 11 is 1.46. The third-order valence-electron chi connectivity index (χ3n) is 7.30. The molecule has 4 rings (SSSR count). The first kappa shape index (κ1) is 28.8. The maximum Gasteiger partial charge on any atom is 0.409 e. The second-order valence-corrected chi connectivity index (χ2v) is 13.6. The van der Waals surface area contributed by atoms with Crippen molar-refractivity contribution in [2.45, 2.75) is 87.0 Å². The topological polar surface area (TPSA) is 135 Å². The van der Waals surface area contributed by atoms with Gasteiger partial charge in [0.25, 0.3) is 0 Å². The fraction of sp³-hybridized carbons (Fsp3) is 0.464. The van der Waals surface area contributed by atoms with Crippen LogP contribution in [0, 0.1) is 0 Å². The molecule has 0 spiro atoms. The lowest BCUT2D eigenvalue weighted by atomic mass is 9.86. The summed E-state index contributed by atoms with van der Waals surface area (Å²) in [6.07, 6.45) is 11.1. The minimum absolute atomic E-state index is 0.0563. The predicted molar refractivity (Wildman–Crippen MR) is 152 cm³/mol. The van der Waals surface area contributed by atoms with Crippen molar-refractivity contribution in [1.82, 2.24) is 10.3 Å². The molecule has 1 aromatic carbocycles.